The van der Waals surface area contributed by atoms with E-state index in [1.54, 1.807) is 0 Å². The molecule has 0 amide bonds. The number of rotatable bonds is 2. The second kappa shape index (κ2) is 5.25. The number of benzene rings is 2. The minimum absolute atomic E-state index is 0.0923. The number of hydrogen-bond acceptors (Lipinski definition) is 3. The summed E-state index contributed by atoms with van der Waals surface area (Å²) in [5.41, 5.74) is 2.77. The van der Waals surface area contributed by atoms with Crippen LogP contribution in [0, 0.1) is 6.92 Å². The fourth-order valence-corrected chi connectivity index (χ4v) is 3.71. The van der Waals surface area contributed by atoms with Crippen molar-refractivity contribution < 1.29 is 9.59 Å². The van der Waals surface area contributed by atoms with Gasteiger partial charge in [-0.2, -0.15) is 0 Å². The number of thioether (sulfide) groups is 1. The molecule has 0 radical (unpaired) electrons. The van der Waals surface area contributed by atoms with Gasteiger partial charge in [-0.05, 0) is 31.2 Å². The van der Waals surface area contributed by atoms with Crippen LogP contribution in [0.5, 0.6) is 0 Å². The van der Waals surface area contributed by atoms with Crippen molar-refractivity contribution in [1.82, 2.24) is 4.98 Å². The van der Waals surface area contributed by atoms with Gasteiger partial charge in [-0.25, -0.2) is 0 Å². The summed E-state index contributed by atoms with van der Waals surface area (Å²) in [7, 11) is 0. The molecule has 2 aromatic carbocycles. The fraction of sp³-hybridized carbons (Fsp3) is 0.0526. The summed E-state index contributed by atoms with van der Waals surface area (Å²) in [6, 6.07) is 15.4. The molecule has 1 N–H and O–H groups in total. The zero-order valence-electron chi connectivity index (χ0n) is 12.4. The molecule has 112 valence electrons. The van der Waals surface area contributed by atoms with Crippen LogP contribution in [0.4, 0.5) is 0 Å². The Labute approximate surface area is 137 Å². The molecular formula is C19H13NO2S. The van der Waals surface area contributed by atoms with Crippen LogP contribution in [0.3, 0.4) is 0 Å². The van der Waals surface area contributed by atoms with E-state index in [0.717, 1.165) is 21.4 Å². The first-order valence-electron chi connectivity index (χ1n) is 7.29. The van der Waals surface area contributed by atoms with Crippen molar-refractivity contribution in [3.63, 3.8) is 0 Å². The molecule has 0 spiro atoms. The molecule has 1 aliphatic carbocycles. The minimum Gasteiger partial charge on any atom is -0.351 e. The molecule has 3 nitrogen and oxygen atoms in total. The first kappa shape index (κ1) is 14.0. The van der Waals surface area contributed by atoms with E-state index in [9.17, 15) is 9.59 Å². The lowest BCUT2D eigenvalue weighted by Crippen LogP contribution is -2.14. The lowest BCUT2D eigenvalue weighted by atomic mass is 9.98. The smallest absolute Gasteiger partial charge is 0.204 e. The average molecular weight is 319 g/mol. The number of aromatic amines is 1. The monoisotopic (exact) mass is 319 g/mol. The highest BCUT2D eigenvalue weighted by molar-refractivity contribution is 8.04. The quantitative estimate of drug-likeness (QED) is 0.755. The molecule has 0 saturated carbocycles. The average Bonchev–Trinajstić information content (AvgIpc) is 2.93. The molecule has 0 fully saturated rings. The first-order chi connectivity index (χ1) is 11.1. The van der Waals surface area contributed by atoms with Crippen LogP contribution in [0.2, 0.25) is 0 Å². The van der Waals surface area contributed by atoms with Gasteiger partial charge in [0.25, 0.3) is 0 Å². The van der Waals surface area contributed by atoms with Gasteiger partial charge in [0.1, 0.15) is 0 Å². The highest BCUT2D eigenvalue weighted by Crippen LogP contribution is 2.36. The van der Waals surface area contributed by atoms with E-state index < -0.39 is 0 Å². The second-order valence-electron chi connectivity index (χ2n) is 5.54. The number of carbonyl (C=O) groups excluding carboxylic acids is 2. The molecular weight excluding hydrogens is 306 g/mol. The standard InChI is InChI=1S/C19H13NO2S/c1-11-7-8-14-13(9-11)17-18(20-14)15(21)10-16(19(17)22)23-12-5-3-2-4-6-12/h2-10,20H,1H3. The number of aryl methyl sites for hydroxylation is 1. The molecule has 0 aliphatic heterocycles. The minimum atomic E-state index is -0.146. The third-order valence-corrected chi connectivity index (χ3v) is 4.92. The Bertz CT molecular complexity index is 983. The topological polar surface area (TPSA) is 49.9 Å². The van der Waals surface area contributed by atoms with E-state index >= 15 is 0 Å². The van der Waals surface area contributed by atoms with Gasteiger partial charge < -0.3 is 4.98 Å². The number of aromatic nitrogens is 1. The Morgan fingerprint density at radius 3 is 2.57 bits per heavy atom. The molecule has 23 heavy (non-hydrogen) atoms. The van der Waals surface area contributed by atoms with E-state index in [0.29, 0.717) is 16.2 Å². The molecule has 1 aliphatic rings. The van der Waals surface area contributed by atoms with Gasteiger partial charge in [-0.15, -0.1) is 0 Å². The Balaban J connectivity index is 1.83. The lowest BCUT2D eigenvalue weighted by Gasteiger charge is -2.11. The lowest BCUT2D eigenvalue weighted by molar-refractivity contribution is 0.0990. The van der Waals surface area contributed by atoms with Crippen LogP contribution in [0.25, 0.3) is 10.9 Å². The Morgan fingerprint density at radius 1 is 1.00 bits per heavy atom. The van der Waals surface area contributed by atoms with Crippen molar-refractivity contribution in [2.75, 3.05) is 0 Å². The summed E-state index contributed by atoms with van der Waals surface area (Å²) in [5, 5.41) is 0.817. The van der Waals surface area contributed by atoms with Gasteiger partial charge in [0, 0.05) is 21.9 Å². The molecule has 0 saturated heterocycles. The zero-order valence-corrected chi connectivity index (χ0v) is 13.2. The molecule has 4 rings (SSSR count). The Kier molecular flexibility index (Phi) is 3.20. The van der Waals surface area contributed by atoms with E-state index in [1.165, 1.54) is 17.8 Å². The number of fused-ring (bicyclic) bond motifs is 3. The highest BCUT2D eigenvalue weighted by Gasteiger charge is 2.30. The summed E-state index contributed by atoms with van der Waals surface area (Å²) in [4.78, 5) is 29.8. The summed E-state index contributed by atoms with van der Waals surface area (Å²) in [5.74, 6) is -0.239. The van der Waals surface area contributed by atoms with Crippen LogP contribution in [0.1, 0.15) is 26.4 Å². The van der Waals surface area contributed by atoms with Crippen LogP contribution in [-0.4, -0.2) is 16.6 Å². The number of ketones is 2. The van der Waals surface area contributed by atoms with Crippen molar-refractivity contribution in [2.45, 2.75) is 11.8 Å². The van der Waals surface area contributed by atoms with Gasteiger partial charge in [-0.1, -0.05) is 41.6 Å². The maximum Gasteiger partial charge on any atom is 0.204 e. The Hall–Kier alpha value is -2.59. The molecule has 1 heterocycles. The van der Waals surface area contributed by atoms with E-state index in [-0.39, 0.29) is 11.6 Å². The highest BCUT2D eigenvalue weighted by atomic mass is 32.2. The van der Waals surface area contributed by atoms with Gasteiger partial charge in [0.05, 0.1) is 16.2 Å². The Morgan fingerprint density at radius 2 is 1.78 bits per heavy atom. The number of allylic oxidation sites excluding steroid dienone is 2. The third-order valence-electron chi connectivity index (χ3n) is 3.88. The van der Waals surface area contributed by atoms with Crippen molar-refractivity contribution in [3.8, 4) is 0 Å². The predicted octanol–water partition coefficient (Wildman–Crippen LogP) is 4.53. The van der Waals surface area contributed by atoms with Crippen LogP contribution < -0.4 is 0 Å². The molecule has 0 atom stereocenters. The van der Waals surface area contributed by atoms with Gasteiger partial charge in [-0.3, -0.25) is 9.59 Å². The number of H-pyrrole nitrogens is 1. The van der Waals surface area contributed by atoms with Crippen LogP contribution >= 0.6 is 11.8 Å². The first-order valence-corrected chi connectivity index (χ1v) is 8.11. The molecule has 4 heteroatoms. The maximum atomic E-state index is 12.9. The maximum absolute atomic E-state index is 12.9. The van der Waals surface area contributed by atoms with E-state index in [1.807, 2.05) is 55.5 Å². The summed E-state index contributed by atoms with van der Waals surface area (Å²) in [6.45, 7) is 1.98. The van der Waals surface area contributed by atoms with Crippen LogP contribution in [-0.2, 0) is 0 Å². The molecule has 1 aromatic heterocycles. The van der Waals surface area contributed by atoms with Gasteiger partial charge in [0.2, 0.25) is 11.6 Å². The largest absolute Gasteiger partial charge is 0.351 e. The van der Waals surface area contributed by atoms with Crippen molar-refractivity contribution in [1.29, 1.82) is 0 Å². The summed E-state index contributed by atoms with van der Waals surface area (Å²) in [6.07, 6.45) is 1.44. The van der Waals surface area contributed by atoms with Crippen molar-refractivity contribution in [3.05, 3.63) is 76.3 Å². The number of nitrogens with one attached hydrogen (secondary N) is 1. The van der Waals surface area contributed by atoms with Gasteiger partial charge in [0.15, 0.2) is 0 Å². The predicted molar refractivity (Wildman–Crippen MR) is 92.1 cm³/mol. The van der Waals surface area contributed by atoms with Crippen LogP contribution in [0.15, 0.2) is 64.4 Å². The SMILES string of the molecule is Cc1ccc2[nH]c3c(c2c1)C(=O)C(Sc1ccccc1)=CC3=O. The van der Waals surface area contributed by atoms with Gasteiger partial charge >= 0.3 is 0 Å². The van der Waals surface area contributed by atoms with E-state index in [2.05, 4.69) is 4.98 Å². The number of Topliss-reactive ketones (excluding diaryl/α,β-unsaturated/α-hetero) is 1. The van der Waals surface area contributed by atoms with E-state index in [4.69, 9.17) is 0 Å². The fourth-order valence-electron chi connectivity index (χ4n) is 2.80. The summed E-state index contributed by atoms with van der Waals surface area (Å²) < 4.78 is 0. The number of carbonyl (C=O) groups is 2. The molecule has 3 aromatic rings. The second-order valence-corrected chi connectivity index (χ2v) is 6.66. The molecule has 0 bridgehead atoms. The van der Waals surface area contributed by atoms with Crippen molar-refractivity contribution in [2.24, 2.45) is 0 Å². The molecule has 0 unspecified atom stereocenters. The zero-order chi connectivity index (χ0) is 16.0. The number of hydrogen-bond donors (Lipinski definition) is 1. The third kappa shape index (κ3) is 2.32. The summed E-state index contributed by atoms with van der Waals surface area (Å²) >= 11 is 1.33. The van der Waals surface area contributed by atoms with Crippen molar-refractivity contribution >= 4 is 34.2 Å². The normalized spacial score (nSPS) is 14.0.